The molecule has 2 aliphatic rings. The van der Waals surface area contributed by atoms with Gasteiger partial charge in [-0.3, -0.25) is 9.69 Å². The molecule has 2 heterocycles. The van der Waals surface area contributed by atoms with Crippen LogP contribution in [0.25, 0.3) is 0 Å². The second kappa shape index (κ2) is 4.48. The number of halogens is 3. The van der Waals surface area contributed by atoms with Crippen molar-refractivity contribution < 1.29 is 18.0 Å². The number of piperazine rings is 1. The molecule has 0 aromatic rings. The van der Waals surface area contributed by atoms with E-state index in [2.05, 4.69) is 4.90 Å². The molecular weight excluding hydrogens is 233 g/mol. The SMILES string of the molecule is CC1CN2CCCCC2CN1C(=O)C(F)(F)F. The lowest BCUT2D eigenvalue weighted by molar-refractivity contribution is -0.191. The summed E-state index contributed by atoms with van der Waals surface area (Å²) in [6, 6.07) is -0.232. The second-order valence-electron chi connectivity index (χ2n) is 4.95. The molecule has 0 aliphatic carbocycles. The third-order valence-corrected chi connectivity index (χ3v) is 3.69. The van der Waals surface area contributed by atoms with Gasteiger partial charge in [0, 0.05) is 25.2 Å². The van der Waals surface area contributed by atoms with Gasteiger partial charge in [0.05, 0.1) is 0 Å². The van der Waals surface area contributed by atoms with Crippen molar-refractivity contribution in [1.29, 1.82) is 0 Å². The predicted octanol–water partition coefficient (Wildman–Crippen LogP) is 1.63. The van der Waals surface area contributed by atoms with Crippen LogP contribution in [-0.4, -0.2) is 53.6 Å². The van der Waals surface area contributed by atoms with E-state index in [1.54, 1.807) is 6.92 Å². The van der Waals surface area contributed by atoms with E-state index >= 15 is 0 Å². The molecule has 0 N–H and O–H groups in total. The van der Waals surface area contributed by atoms with Crippen LogP contribution in [0.4, 0.5) is 13.2 Å². The third-order valence-electron chi connectivity index (χ3n) is 3.69. The summed E-state index contributed by atoms with van der Waals surface area (Å²) >= 11 is 0. The summed E-state index contributed by atoms with van der Waals surface area (Å²) in [5.41, 5.74) is 0. The van der Waals surface area contributed by atoms with Gasteiger partial charge in [-0.05, 0) is 26.3 Å². The summed E-state index contributed by atoms with van der Waals surface area (Å²) in [5, 5.41) is 0. The van der Waals surface area contributed by atoms with Crippen LogP contribution in [0.1, 0.15) is 26.2 Å². The first-order valence-electron chi connectivity index (χ1n) is 6.01. The molecule has 17 heavy (non-hydrogen) atoms. The van der Waals surface area contributed by atoms with Gasteiger partial charge < -0.3 is 4.90 Å². The standard InChI is InChI=1S/C11H17F3N2O/c1-8-6-15-5-3-2-4-9(15)7-16(8)10(17)11(12,13)14/h8-9H,2-7H2,1H3. The van der Waals surface area contributed by atoms with Gasteiger partial charge in [0.15, 0.2) is 0 Å². The van der Waals surface area contributed by atoms with Crippen LogP contribution in [0, 0.1) is 0 Å². The molecule has 0 spiro atoms. The number of amides is 1. The molecule has 1 amide bonds. The lowest BCUT2D eigenvalue weighted by Gasteiger charge is -2.47. The Bertz CT molecular complexity index is 306. The maximum atomic E-state index is 12.4. The number of piperidine rings is 1. The summed E-state index contributed by atoms with van der Waals surface area (Å²) in [5.74, 6) is -1.68. The van der Waals surface area contributed by atoms with Gasteiger partial charge >= 0.3 is 12.1 Å². The van der Waals surface area contributed by atoms with Gasteiger partial charge in [0.25, 0.3) is 0 Å². The molecule has 2 rings (SSSR count). The lowest BCUT2D eigenvalue weighted by Crippen LogP contribution is -2.62. The van der Waals surface area contributed by atoms with Gasteiger partial charge in [0.2, 0.25) is 0 Å². The summed E-state index contributed by atoms with van der Waals surface area (Å²) in [7, 11) is 0. The van der Waals surface area contributed by atoms with E-state index < -0.39 is 12.1 Å². The number of nitrogens with zero attached hydrogens (tertiary/aromatic N) is 2. The van der Waals surface area contributed by atoms with E-state index in [4.69, 9.17) is 0 Å². The van der Waals surface area contributed by atoms with Crippen molar-refractivity contribution >= 4 is 5.91 Å². The Morgan fingerprint density at radius 2 is 1.94 bits per heavy atom. The minimum Gasteiger partial charge on any atom is -0.329 e. The third kappa shape index (κ3) is 2.56. The highest BCUT2D eigenvalue weighted by Gasteiger charge is 2.46. The highest BCUT2D eigenvalue weighted by Crippen LogP contribution is 2.27. The molecule has 2 fully saturated rings. The molecule has 0 aromatic carbocycles. The average molecular weight is 250 g/mol. The van der Waals surface area contributed by atoms with Crippen LogP contribution in [0.15, 0.2) is 0 Å². The molecule has 0 aromatic heterocycles. The monoisotopic (exact) mass is 250 g/mol. The number of rotatable bonds is 0. The van der Waals surface area contributed by atoms with Crippen molar-refractivity contribution in [3.8, 4) is 0 Å². The molecule has 2 atom stereocenters. The Hall–Kier alpha value is -0.780. The molecule has 0 bridgehead atoms. The van der Waals surface area contributed by atoms with Crippen LogP contribution in [0.5, 0.6) is 0 Å². The molecule has 2 saturated heterocycles. The molecule has 0 radical (unpaired) electrons. The fourth-order valence-corrected chi connectivity index (χ4v) is 2.80. The fourth-order valence-electron chi connectivity index (χ4n) is 2.80. The molecule has 3 nitrogen and oxygen atoms in total. The second-order valence-corrected chi connectivity index (χ2v) is 4.95. The Balaban J connectivity index is 2.07. The number of carbonyl (C=O) groups excluding carboxylic acids is 1. The largest absolute Gasteiger partial charge is 0.471 e. The minimum absolute atomic E-state index is 0.117. The quantitative estimate of drug-likeness (QED) is 0.652. The van der Waals surface area contributed by atoms with E-state index in [0.29, 0.717) is 6.54 Å². The van der Waals surface area contributed by atoms with Gasteiger partial charge in [-0.2, -0.15) is 13.2 Å². The molecule has 98 valence electrons. The van der Waals surface area contributed by atoms with Gasteiger partial charge in [-0.25, -0.2) is 0 Å². The zero-order chi connectivity index (χ0) is 12.6. The Labute approximate surface area is 98.6 Å². The molecule has 6 heteroatoms. The van der Waals surface area contributed by atoms with Crippen molar-refractivity contribution in [3.05, 3.63) is 0 Å². The maximum Gasteiger partial charge on any atom is 0.471 e. The summed E-state index contributed by atoms with van der Waals surface area (Å²) in [4.78, 5) is 14.5. The first kappa shape index (κ1) is 12.7. The molecular formula is C11H17F3N2O. The van der Waals surface area contributed by atoms with Crippen LogP contribution in [0.2, 0.25) is 0 Å². The van der Waals surface area contributed by atoms with Crippen LogP contribution < -0.4 is 0 Å². The van der Waals surface area contributed by atoms with Crippen molar-refractivity contribution in [2.75, 3.05) is 19.6 Å². The van der Waals surface area contributed by atoms with Crippen molar-refractivity contribution in [1.82, 2.24) is 9.80 Å². The van der Waals surface area contributed by atoms with E-state index in [1.165, 1.54) is 0 Å². The van der Waals surface area contributed by atoms with Crippen LogP contribution >= 0.6 is 0 Å². The van der Waals surface area contributed by atoms with Crippen molar-refractivity contribution in [2.24, 2.45) is 0 Å². The summed E-state index contributed by atoms with van der Waals surface area (Å²) in [6.45, 7) is 3.42. The van der Waals surface area contributed by atoms with Crippen molar-refractivity contribution in [2.45, 2.75) is 44.4 Å². The van der Waals surface area contributed by atoms with E-state index in [-0.39, 0.29) is 18.6 Å². The predicted molar refractivity (Wildman–Crippen MR) is 56.4 cm³/mol. The first-order valence-corrected chi connectivity index (χ1v) is 6.01. The van der Waals surface area contributed by atoms with E-state index in [0.717, 1.165) is 30.7 Å². The Morgan fingerprint density at radius 3 is 2.59 bits per heavy atom. The van der Waals surface area contributed by atoms with Crippen LogP contribution in [-0.2, 0) is 4.79 Å². The summed E-state index contributed by atoms with van der Waals surface area (Å²) < 4.78 is 37.3. The van der Waals surface area contributed by atoms with Crippen molar-refractivity contribution in [3.63, 3.8) is 0 Å². The lowest BCUT2D eigenvalue weighted by atomic mass is 9.97. The Morgan fingerprint density at radius 1 is 1.24 bits per heavy atom. The minimum atomic E-state index is -4.74. The number of carbonyl (C=O) groups is 1. The molecule has 2 aliphatic heterocycles. The highest BCUT2D eigenvalue weighted by molar-refractivity contribution is 5.82. The normalized spacial score (nSPS) is 31.2. The highest BCUT2D eigenvalue weighted by atomic mass is 19.4. The van der Waals surface area contributed by atoms with Crippen LogP contribution in [0.3, 0.4) is 0 Å². The van der Waals surface area contributed by atoms with E-state index in [9.17, 15) is 18.0 Å². The number of hydrogen-bond donors (Lipinski definition) is 0. The first-order chi connectivity index (χ1) is 7.89. The zero-order valence-corrected chi connectivity index (χ0v) is 9.83. The van der Waals surface area contributed by atoms with Gasteiger partial charge in [0.1, 0.15) is 0 Å². The van der Waals surface area contributed by atoms with Gasteiger partial charge in [-0.15, -0.1) is 0 Å². The Kier molecular flexibility index (Phi) is 3.34. The molecule has 0 saturated carbocycles. The number of hydrogen-bond acceptors (Lipinski definition) is 2. The van der Waals surface area contributed by atoms with E-state index in [1.807, 2.05) is 0 Å². The number of alkyl halides is 3. The summed E-state index contributed by atoms with van der Waals surface area (Å²) in [6.07, 6.45) is -1.69. The maximum absolute atomic E-state index is 12.4. The smallest absolute Gasteiger partial charge is 0.329 e. The average Bonchev–Trinajstić information content (AvgIpc) is 2.26. The topological polar surface area (TPSA) is 23.6 Å². The fraction of sp³-hybridized carbons (Fsp3) is 0.909. The number of fused-ring (bicyclic) bond motifs is 1. The van der Waals surface area contributed by atoms with Gasteiger partial charge in [-0.1, -0.05) is 6.42 Å². The molecule has 2 unspecified atom stereocenters. The zero-order valence-electron chi connectivity index (χ0n) is 9.83.